The lowest BCUT2D eigenvalue weighted by molar-refractivity contribution is -0.118. The molecule has 0 spiro atoms. The molecule has 2 amide bonds. The summed E-state index contributed by atoms with van der Waals surface area (Å²) in [4.78, 5) is 25.4. The van der Waals surface area contributed by atoms with Crippen molar-refractivity contribution in [3.63, 3.8) is 0 Å². The van der Waals surface area contributed by atoms with E-state index in [-0.39, 0.29) is 35.5 Å². The largest absolute Gasteiger partial charge is 0.337 e. The fourth-order valence-electron chi connectivity index (χ4n) is 2.68. The Hall–Kier alpha value is -2.97. The predicted octanol–water partition coefficient (Wildman–Crippen LogP) is 4.14. The van der Waals surface area contributed by atoms with Gasteiger partial charge >= 0.3 is 0 Å². The number of nitrogens with zero attached hydrogens (tertiary/aromatic N) is 3. The zero-order valence-electron chi connectivity index (χ0n) is 16.3. The lowest BCUT2D eigenvalue weighted by atomic mass is 10.1. The number of hydrogen-bond acceptors (Lipinski definition) is 4. The molecule has 1 aromatic carbocycles. The Bertz CT molecular complexity index is 996. The summed E-state index contributed by atoms with van der Waals surface area (Å²) in [5.41, 5.74) is 2.28. The second-order valence-electron chi connectivity index (χ2n) is 5.80. The van der Waals surface area contributed by atoms with Crippen LogP contribution in [0.3, 0.4) is 0 Å². The maximum absolute atomic E-state index is 13.9. The molecule has 10 heteroatoms. The number of nitrogens with one attached hydrogen (secondary N) is 2. The number of carbonyl (C=O) groups excluding carboxylic acids is 2. The van der Waals surface area contributed by atoms with Crippen molar-refractivity contribution in [2.45, 2.75) is 13.8 Å². The SMILES string of the molecule is CC.N=C/C(=C\C=C\Cl)n1nc(C(=O)N2CNC(=O)C2)cc1-c1cc(F)cc(Cl)c1. The van der Waals surface area contributed by atoms with Crippen molar-refractivity contribution in [2.24, 2.45) is 0 Å². The molecule has 2 heterocycles. The number of halogens is 3. The van der Waals surface area contributed by atoms with E-state index in [9.17, 15) is 14.0 Å². The monoisotopic (exact) mass is 451 g/mol. The van der Waals surface area contributed by atoms with Gasteiger partial charge in [0.25, 0.3) is 5.91 Å². The van der Waals surface area contributed by atoms with Crippen molar-refractivity contribution in [1.82, 2.24) is 20.0 Å². The normalized spacial score (nSPS) is 13.8. The van der Waals surface area contributed by atoms with Gasteiger partial charge in [0.05, 0.1) is 18.1 Å². The van der Waals surface area contributed by atoms with Crippen molar-refractivity contribution in [3.8, 4) is 11.3 Å². The Morgan fingerprint density at radius 2 is 2.03 bits per heavy atom. The van der Waals surface area contributed by atoms with Crippen LogP contribution in [0.25, 0.3) is 17.0 Å². The predicted molar refractivity (Wildman–Crippen MR) is 116 cm³/mol. The molecule has 0 atom stereocenters. The standard InChI is InChI=1S/C18H14Cl2FN5O2.C2H6/c19-3-1-2-14(8-22)26-16(11-4-12(20)6-13(21)5-11)7-15(24-26)18(28)25-9-17(27)23-10-25;1-2/h1-8,22H,9-10H2,(H,23,27);1-2H3/b3-1+,14-2+,22-8?;. The van der Waals surface area contributed by atoms with Crippen LogP contribution in [-0.2, 0) is 4.79 Å². The third kappa shape index (κ3) is 5.34. The first-order chi connectivity index (χ1) is 14.4. The van der Waals surface area contributed by atoms with E-state index in [1.54, 1.807) is 0 Å². The minimum Gasteiger partial charge on any atom is -0.337 e. The summed E-state index contributed by atoms with van der Waals surface area (Å²) >= 11 is 11.5. The highest BCUT2D eigenvalue weighted by atomic mass is 35.5. The second kappa shape index (κ2) is 10.7. The Balaban J connectivity index is 0.00000155. The average Bonchev–Trinajstić information content (AvgIpc) is 3.36. The minimum atomic E-state index is -0.557. The fourth-order valence-corrected chi connectivity index (χ4v) is 2.97. The van der Waals surface area contributed by atoms with Gasteiger partial charge in [-0.25, -0.2) is 9.07 Å². The van der Waals surface area contributed by atoms with E-state index in [0.29, 0.717) is 11.3 Å². The van der Waals surface area contributed by atoms with Crippen molar-refractivity contribution < 1.29 is 14.0 Å². The number of aromatic nitrogens is 2. The van der Waals surface area contributed by atoms with Crippen LogP contribution in [0.15, 0.2) is 42.0 Å². The second-order valence-corrected chi connectivity index (χ2v) is 6.49. The number of allylic oxidation sites excluding steroid dienone is 3. The van der Waals surface area contributed by atoms with Gasteiger partial charge in [-0.1, -0.05) is 37.0 Å². The van der Waals surface area contributed by atoms with Crippen LogP contribution in [0.4, 0.5) is 4.39 Å². The molecule has 3 rings (SSSR count). The van der Waals surface area contributed by atoms with Crippen LogP contribution in [0.5, 0.6) is 0 Å². The Kier molecular flexibility index (Phi) is 8.32. The third-order valence-corrected chi connectivity index (χ3v) is 4.27. The number of benzene rings is 1. The van der Waals surface area contributed by atoms with Gasteiger partial charge in [-0.15, -0.1) is 0 Å². The van der Waals surface area contributed by atoms with Crippen molar-refractivity contribution in [2.75, 3.05) is 13.2 Å². The van der Waals surface area contributed by atoms with Crippen molar-refractivity contribution in [3.05, 3.63) is 58.5 Å². The first-order valence-corrected chi connectivity index (χ1v) is 9.84. The van der Waals surface area contributed by atoms with E-state index in [0.717, 1.165) is 12.3 Å². The Morgan fingerprint density at radius 3 is 2.60 bits per heavy atom. The highest BCUT2D eigenvalue weighted by Crippen LogP contribution is 2.27. The minimum absolute atomic E-state index is 0.0366. The van der Waals surface area contributed by atoms with Crippen LogP contribution in [0, 0.1) is 11.2 Å². The van der Waals surface area contributed by atoms with Gasteiger partial charge in [0.1, 0.15) is 12.4 Å². The number of amides is 2. The van der Waals surface area contributed by atoms with Crippen LogP contribution < -0.4 is 5.32 Å². The summed E-state index contributed by atoms with van der Waals surface area (Å²) in [6.07, 6.45) is 4.01. The van der Waals surface area contributed by atoms with Crippen molar-refractivity contribution in [1.29, 1.82) is 5.41 Å². The van der Waals surface area contributed by atoms with Crippen LogP contribution in [-0.4, -0.2) is 45.9 Å². The summed E-state index contributed by atoms with van der Waals surface area (Å²) in [5, 5.41) is 14.6. The van der Waals surface area contributed by atoms with Crippen LogP contribution >= 0.6 is 23.2 Å². The smallest absolute Gasteiger partial charge is 0.276 e. The zero-order valence-corrected chi connectivity index (χ0v) is 17.8. The molecular formula is C20H20Cl2FN5O2. The Morgan fingerprint density at radius 1 is 1.30 bits per heavy atom. The van der Waals surface area contributed by atoms with E-state index < -0.39 is 11.7 Å². The molecule has 0 unspecified atom stereocenters. The van der Waals surface area contributed by atoms with E-state index >= 15 is 0 Å². The lowest BCUT2D eigenvalue weighted by Crippen LogP contribution is -2.30. The third-order valence-electron chi connectivity index (χ3n) is 3.91. The molecule has 2 N–H and O–H groups in total. The van der Waals surface area contributed by atoms with Crippen LogP contribution in [0.2, 0.25) is 5.02 Å². The molecule has 1 aliphatic rings. The molecule has 0 saturated carbocycles. The summed E-state index contributed by atoms with van der Waals surface area (Å²) in [5.74, 6) is -1.30. The Labute approximate surface area is 183 Å². The van der Waals surface area contributed by atoms with Gasteiger partial charge in [0.15, 0.2) is 5.69 Å². The van der Waals surface area contributed by atoms with Gasteiger partial charge in [0, 0.05) is 22.3 Å². The molecule has 2 aromatic rings. The molecule has 30 heavy (non-hydrogen) atoms. The molecule has 0 aliphatic carbocycles. The molecule has 0 bridgehead atoms. The first kappa shape index (κ1) is 23.3. The molecule has 1 aliphatic heterocycles. The van der Waals surface area contributed by atoms with E-state index in [1.165, 1.54) is 45.5 Å². The summed E-state index contributed by atoms with van der Waals surface area (Å²) < 4.78 is 15.2. The van der Waals surface area contributed by atoms with Gasteiger partial charge < -0.3 is 15.6 Å². The van der Waals surface area contributed by atoms with E-state index in [1.807, 2.05) is 13.8 Å². The molecule has 0 radical (unpaired) electrons. The molecule has 1 saturated heterocycles. The molecule has 7 nitrogen and oxygen atoms in total. The molecule has 158 valence electrons. The summed E-state index contributed by atoms with van der Waals surface area (Å²) in [6.45, 7) is 4.00. The van der Waals surface area contributed by atoms with Gasteiger partial charge in [-0.2, -0.15) is 5.10 Å². The van der Waals surface area contributed by atoms with E-state index in [4.69, 9.17) is 28.6 Å². The number of carbonyl (C=O) groups is 2. The number of hydrogen-bond donors (Lipinski definition) is 2. The highest BCUT2D eigenvalue weighted by molar-refractivity contribution is 6.30. The fraction of sp³-hybridized carbons (Fsp3) is 0.200. The first-order valence-electron chi connectivity index (χ1n) is 9.03. The summed E-state index contributed by atoms with van der Waals surface area (Å²) in [6, 6.07) is 5.38. The molecular weight excluding hydrogens is 432 g/mol. The van der Waals surface area contributed by atoms with Crippen LogP contribution in [0.1, 0.15) is 24.3 Å². The van der Waals surface area contributed by atoms with Crippen molar-refractivity contribution >= 4 is 46.9 Å². The average molecular weight is 452 g/mol. The van der Waals surface area contributed by atoms with Gasteiger partial charge in [0.2, 0.25) is 5.91 Å². The summed E-state index contributed by atoms with van der Waals surface area (Å²) in [7, 11) is 0. The van der Waals surface area contributed by atoms with Gasteiger partial charge in [-0.05, 0) is 36.4 Å². The van der Waals surface area contributed by atoms with Gasteiger partial charge in [-0.3, -0.25) is 9.59 Å². The lowest BCUT2D eigenvalue weighted by Gasteiger charge is -2.10. The molecule has 1 fully saturated rings. The highest BCUT2D eigenvalue weighted by Gasteiger charge is 2.27. The quantitative estimate of drug-likeness (QED) is 0.528. The maximum atomic E-state index is 13.9. The molecule has 1 aromatic heterocycles. The maximum Gasteiger partial charge on any atom is 0.276 e. The zero-order chi connectivity index (χ0) is 22.3. The number of rotatable bonds is 5. The van der Waals surface area contributed by atoms with E-state index in [2.05, 4.69) is 10.4 Å². The topological polar surface area (TPSA) is 91.1 Å².